The largest absolute Gasteiger partial charge is 0.441 e. The molecule has 84 valence electrons. The molecule has 0 spiro atoms. The Morgan fingerprint density at radius 3 is 2.31 bits per heavy atom. The molecule has 2 N–H and O–H groups in total. The standard InChI is InChI=1S/C8H7N3O4S/c9-16(13,14)7-3-1-6(2-4-7)11-8(12)15-5-10-11/h1-5H,(H2,9,13,14). The minimum absolute atomic E-state index is 0.0345. The zero-order valence-corrected chi connectivity index (χ0v) is 8.72. The van der Waals surface area contributed by atoms with E-state index in [9.17, 15) is 13.2 Å². The van der Waals surface area contributed by atoms with Crippen LogP contribution in [0.1, 0.15) is 0 Å². The minimum atomic E-state index is -3.73. The van der Waals surface area contributed by atoms with Crippen molar-refractivity contribution in [1.29, 1.82) is 0 Å². The predicted molar refractivity (Wildman–Crippen MR) is 53.5 cm³/mol. The van der Waals surface area contributed by atoms with Crippen LogP contribution in [-0.4, -0.2) is 18.2 Å². The molecular weight excluding hydrogens is 234 g/mol. The van der Waals surface area contributed by atoms with Gasteiger partial charge in [-0.15, -0.1) is 5.10 Å². The van der Waals surface area contributed by atoms with E-state index in [4.69, 9.17) is 5.14 Å². The van der Waals surface area contributed by atoms with E-state index in [2.05, 4.69) is 9.52 Å². The summed E-state index contributed by atoms with van der Waals surface area (Å²) in [6, 6.07) is 5.38. The van der Waals surface area contributed by atoms with E-state index in [0.717, 1.165) is 11.1 Å². The van der Waals surface area contributed by atoms with Crippen molar-refractivity contribution in [3.05, 3.63) is 41.2 Å². The Morgan fingerprint density at radius 1 is 1.25 bits per heavy atom. The van der Waals surface area contributed by atoms with Gasteiger partial charge in [-0.1, -0.05) is 0 Å². The molecule has 1 heterocycles. The zero-order chi connectivity index (χ0) is 11.8. The number of nitrogens with zero attached hydrogens (tertiary/aromatic N) is 2. The van der Waals surface area contributed by atoms with Crippen LogP contribution in [0.5, 0.6) is 0 Å². The smallest absolute Gasteiger partial charge is 0.395 e. The van der Waals surface area contributed by atoms with Gasteiger partial charge in [-0.2, -0.15) is 4.68 Å². The molecule has 0 aliphatic heterocycles. The fourth-order valence-corrected chi connectivity index (χ4v) is 1.68. The molecular formula is C8H7N3O4S. The van der Waals surface area contributed by atoms with Crippen LogP contribution in [0.3, 0.4) is 0 Å². The van der Waals surface area contributed by atoms with Crippen molar-refractivity contribution in [3.63, 3.8) is 0 Å². The first kappa shape index (κ1) is 10.6. The van der Waals surface area contributed by atoms with Crippen LogP contribution in [-0.2, 0) is 10.0 Å². The van der Waals surface area contributed by atoms with Crippen LogP contribution < -0.4 is 10.9 Å². The third-order valence-electron chi connectivity index (χ3n) is 1.90. The highest BCUT2D eigenvalue weighted by Crippen LogP contribution is 2.10. The Hall–Kier alpha value is -1.93. The molecule has 7 nitrogen and oxygen atoms in total. The highest BCUT2D eigenvalue weighted by molar-refractivity contribution is 7.89. The normalized spacial score (nSPS) is 11.6. The number of benzene rings is 1. The summed E-state index contributed by atoms with van der Waals surface area (Å²) in [6.07, 6.45) is 0.996. The molecule has 8 heteroatoms. The van der Waals surface area contributed by atoms with E-state index in [1.54, 1.807) is 0 Å². The molecule has 0 unspecified atom stereocenters. The fraction of sp³-hybridized carbons (Fsp3) is 0. The fourth-order valence-electron chi connectivity index (χ4n) is 1.16. The molecule has 0 saturated heterocycles. The molecule has 0 aliphatic carbocycles. The lowest BCUT2D eigenvalue weighted by Gasteiger charge is -2.00. The number of primary sulfonamides is 1. The van der Waals surface area contributed by atoms with Crippen LogP contribution in [0.2, 0.25) is 0 Å². The Bertz CT molecular complexity index is 653. The molecule has 16 heavy (non-hydrogen) atoms. The maximum atomic E-state index is 11.1. The van der Waals surface area contributed by atoms with Crippen molar-refractivity contribution in [2.24, 2.45) is 5.14 Å². The molecule has 2 rings (SSSR count). The Balaban J connectivity index is 2.49. The highest BCUT2D eigenvalue weighted by atomic mass is 32.2. The summed E-state index contributed by atoms with van der Waals surface area (Å²) in [5.74, 6) is -0.650. The van der Waals surface area contributed by atoms with Crippen LogP contribution in [0.25, 0.3) is 5.69 Å². The molecule has 0 saturated carbocycles. The van der Waals surface area contributed by atoms with Crippen molar-refractivity contribution < 1.29 is 12.8 Å². The minimum Gasteiger partial charge on any atom is -0.395 e. The SMILES string of the molecule is NS(=O)(=O)c1ccc(-n2ncoc2=O)cc1. The molecule has 0 bridgehead atoms. The van der Waals surface area contributed by atoms with Crippen LogP contribution in [0.4, 0.5) is 0 Å². The van der Waals surface area contributed by atoms with Crippen molar-refractivity contribution in [1.82, 2.24) is 9.78 Å². The van der Waals surface area contributed by atoms with Gasteiger partial charge in [-0.25, -0.2) is 18.4 Å². The van der Waals surface area contributed by atoms with Gasteiger partial charge >= 0.3 is 5.76 Å². The average Bonchev–Trinajstić information content (AvgIpc) is 2.63. The number of sulfonamides is 1. The lowest BCUT2D eigenvalue weighted by atomic mass is 10.3. The first-order chi connectivity index (χ1) is 7.48. The molecule has 0 aliphatic rings. The van der Waals surface area contributed by atoms with Gasteiger partial charge in [0.2, 0.25) is 16.4 Å². The third kappa shape index (κ3) is 1.88. The number of hydrogen-bond acceptors (Lipinski definition) is 5. The van der Waals surface area contributed by atoms with E-state index in [0.29, 0.717) is 5.69 Å². The number of aromatic nitrogens is 2. The summed E-state index contributed by atoms with van der Waals surface area (Å²) >= 11 is 0. The third-order valence-corrected chi connectivity index (χ3v) is 2.83. The summed E-state index contributed by atoms with van der Waals surface area (Å²) < 4.78 is 27.4. The molecule has 1 aromatic heterocycles. The molecule has 0 atom stereocenters. The predicted octanol–water partition coefficient (Wildman–Crippen LogP) is -0.527. The van der Waals surface area contributed by atoms with Gasteiger partial charge in [0.15, 0.2) is 0 Å². The topological polar surface area (TPSA) is 108 Å². The lowest BCUT2D eigenvalue weighted by molar-refractivity contribution is 0.503. The molecule has 0 radical (unpaired) electrons. The van der Waals surface area contributed by atoms with Crippen LogP contribution in [0, 0.1) is 0 Å². The van der Waals surface area contributed by atoms with E-state index >= 15 is 0 Å². The number of nitrogens with two attached hydrogens (primary N) is 1. The Kier molecular flexibility index (Phi) is 2.37. The molecule has 1 aromatic carbocycles. The zero-order valence-electron chi connectivity index (χ0n) is 7.90. The van der Waals surface area contributed by atoms with Gasteiger partial charge in [-0.3, -0.25) is 0 Å². The van der Waals surface area contributed by atoms with E-state index in [1.165, 1.54) is 24.3 Å². The monoisotopic (exact) mass is 241 g/mol. The van der Waals surface area contributed by atoms with Crippen molar-refractivity contribution in [2.75, 3.05) is 0 Å². The van der Waals surface area contributed by atoms with Gasteiger partial charge in [-0.05, 0) is 24.3 Å². The van der Waals surface area contributed by atoms with Crippen molar-refractivity contribution in [2.45, 2.75) is 4.90 Å². The summed E-state index contributed by atoms with van der Waals surface area (Å²) in [5, 5.41) is 8.56. The lowest BCUT2D eigenvalue weighted by Crippen LogP contribution is -2.15. The summed E-state index contributed by atoms with van der Waals surface area (Å²) in [6.45, 7) is 0. The average molecular weight is 241 g/mol. The quantitative estimate of drug-likeness (QED) is 0.760. The summed E-state index contributed by atoms with van der Waals surface area (Å²) in [5.41, 5.74) is 0.395. The molecule has 0 fully saturated rings. The van der Waals surface area contributed by atoms with Crippen LogP contribution in [0.15, 0.2) is 44.8 Å². The summed E-state index contributed by atoms with van der Waals surface area (Å²) in [7, 11) is -3.73. The second-order valence-corrected chi connectivity index (χ2v) is 4.52. The maximum Gasteiger partial charge on any atom is 0.441 e. The van der Waals surface area contributed by atoms with Gasteiger partial charge in [0.1, 0.15) is 0 Å². The highest BCUT2D eigenvalue weighted by Gasteiger charge is 2.08. The second-order valence-electron chi connectivity index (χ2n) is 2.96. The second kappa shape index (κ2) is 3.58. The van der Waals surface area contributed by atoms with Gasteiger partial charge in [0.25, 0.3) is 0 Å². The van der Waals surface area contributed by atoms with Crippen molar-refractivity contribution >= 4 is 10.0 Å². The first-order valence-electron chi connectivity index (χ1n) is 4.14. The first-order valence-corrected chi connectivity index (χ1v) is 5.69. The van der Waals surface area contributed by atoms with Crippen molar-refractivity contribution in [3.8, 4) is 5.69 Å². The number of rotatable bonds is 2. The van der Waals surface area contributed by atoms with Crippen LogP contribution >= 0.6 is 0 Å². The van der Waals surface area contributed by atoms with E-state index < -0.39 is 15.8 Å². The van der Waals surface area contributed by atoms with E-state index in [1.807, 2.05) is 0 Å². The van der Waals surface area contributed by atoms with Gasteiger partial charge in [0, 0.05) is 0 Å². The van der Waals surface area contributed by atoms with Gasteiger partial charge < -0.3 is 4.42 Å². The summed E-state index contributed by atoms with van der Waals surface area (Å²) in [4.78, 5) is 11.1. The van der Waals surface area contributed by atoms with Gasteiger partial charge in [0.05, 0.1) is 10.6 Å². The number of hydrogen-bond donors (Lipinski definition) is 1. The Morgan fingerprint density at radius 2 is 1.88 bits per heavy atom. The van der Waals surface area contributed by atoms with E-state index in [-0.39, 0.29) is 4.90 Å². The Labute approximate surface area is 90.2 Å². The molecule has 2 aromatic rings. The maximum absolute atomic E-state index is 11.1. The molecule has 0 amide bonds.